The average Bonchev–Trinajstić information content (AvgIpc) is 2.20. The Hall–Kier alpha value is -1.14. The quantitative estimate of drug-likeness (QED) is 0.722. The van der Waals surface area contributed by atoms with Crippen molar-refractivity contribution in [2.45, 2.75) is 38.8 Å². The van der Waals surface area contributed by atoms with Crippen molar-refractivity contribution in [1.82, 2.24) is 15.5 Å². The molecule has 1 aliphatic rings. The third-order valence-corrected chi connectivity index (χ3v) is 2.86. The molecule has 6 nitrogen and oxygen atoms in total. The molecule has 0 aliphatic carbocycles. The van der Waals surface area contributed by atoms with Gasteiger partial charge >= 0.3 is 0 Å². The van der Waals surface area contributed by atoms with Gasteiger partial charge in [-0.25, -0.2) is 0 Å². The van der Waals surface area contributed by atoms with Gasteiger partial charge in [-0.1, -0.05) is 0 Å². The van der Waals surface area contributed by atoms with E-state index in [0.29, 0.717) is 0 Å². The van der Waals surface area contributed by atoms with Crippen LogP contribution in [0.2, 0.25) is 0 Å². The largest absolute Gasteiger partial charge is 0.363 e. The fourth-order valence-corrected chi connectivity index (χ4v) is 1.69. The molecule has 19 heavy (non-hydrogen) atoms. The molecular formula is C13H25N3O3. The highest BCUT2D eigenvalue weighted by Gasteiger charge is 2.33. The van der Waals surface area contributed by atoms with Crippen LogP contribution in [-0.2, 0) is 14.3 Å². The van der Waals surface area contributed by atoms with Gasteiger partial charge in [-0.3, -0.25) is 9.59 Å². The first-order chi connectivity index (χ1) is 8.61. The van der Waals surface area contributed by atoms with Crippen LogP contribution in [0.3, 0.4) is 0 Å². The van der Waals surface area contributed by atoms with E-state index in [9.17, 15) is 9.59 Å². The number of rotatable bonds is 5. The van der Waals surface area contributed by atoms with Gasteiger partial charge in [0.25, 0.3) is 0 Å². The molecule has 2 amide bonds. The molecule has 0 spiro atoms. The SMILES string of the molecule is CN(CC(=O)NC(C)(C)C)C(=O)COC1(C)CNC1. The highest BCUT2D eigenvalue weighted by molar-refractivity contribution is 5.85. The Labute approximate surface area is 114 Å². The van der Waals surface area contributed by atoms with Gasteiger partial charge in [0, 0.05) is 25.7 Å². The van der Waals surface area contributed by atoms with Gasteiger partial charge < -0.3 is 20.3 Å². The lowest BCUT2D eigenvalue weighted by atomic mass is 10.0. The lowest BCUT2D eigenvalue weighted by molar-refractivity contribution is -0.146. The van der Waals surface area contributed by atoms with E-state index in [0.717, 1.165) is 13.1 Å². The average molecular weight is 271 g/mol. The summed E-state index contributed by atoms with van der Waals surface area (Å²) >= 11 is 0. The number of ether oxygens (including phenoxy) is 1. The topological polar surface area (TPSA) is 70.7 Å². The summed E-state index contributed by atoms with van der Waals surface area (Å²) in [5.41, 5.74) is -0.535. The second-order valence-electron chi connectivity index (χ2n) is 6.39. The highest BCUT2D eigenvalue weighted by atomic mass is 16.5. The van der Waals surface area contributed by atoms with Crippen molar-refractivity contribution in [1.29, 1.82) is 0 Å². The minimum atomic E-state index is -0.289. The van der Waals surface area contributed by atoms with E-state index in [-0.39, 0.29) is 36.1 Å². The second kappa shape index (κ2) is 5.88. The predicted octanol–water partition coefficient (Wildman–Crippen LogP) is -0.262. The fourth-order valence-electron chi connectivity index (χ4n) is 1.69. The lowest BCUT2D eigenvalue weighted by Gasteiger charge is -2.39. The maximum atomic E-state index is 11.8. The summed E-state index contributed by atoms with van der Waals surface area (Å²) in [5.74, 6) is -0.350. The molecule has 0 unspecified atom stereocenters. The summed E-state index contributed by atoms with van der Waals surface area (Å²) in [7, 11) is 1.61. The number of nitrogens with zero attached hydrogens (tertiary/aromatic N) is 1. The van der Waals surface area contributed by atoms with Crippen molar-refractivity contribution in [3.63, 3.8) is 0 Å². The van der Waals surface area contributed by atoms with Crippen LogP contribution < -0.4 is 10.6 Å². The number of carbonyl (C=O) groups excluding carboxylic acids is 2. The Morgan fingerprint density at radius 1 is 1.37 bits per heavy atom. The lowest BCUT2D eigenvalue weighted by Crippen LogP contribution is -2.59. The zero-order valence-electron chi connectivity index (χ0n) is 12.5. The fraction of sp³-hybridized carbons (Fsp3) is 0.846. The molecule has 1 heterocycles. The Morgan fingerprint density at radius 3 is 2.37 bits per heavy atom. The number of hydrogen-bond acceptors (Lipinski definition) is 4. The maximum Gasteiger partial charge on any atom is 0.248 e. The van der Waals surface area contributed by atoms with Crippen LogP contribution in [0.4, 0.5) is 0 Å². The third-order valence-electron chi connectivity index (χ3n) is 2.86. The standard InChI is InChI=1S/C13H25N3O3/c1-12(2,3)15-10(17)6-16(5)11(18)7-19-13(4)8-14-9-13/h14H,6-9H2,1-5H3,(H,15,17). The molecule has 1 saturated heterocycles. The number of carbonyl (C=O) groups is 2. The molecule has 1 fully saturated rings. The highest BCUT2D eigenvalue weighted by Crippen LogP contribution is 2.14. The van der Waals surface area contributed by atoms with Gasteiger partial charge in [-0.15, -0.1) is 0 Å². The second-order valence-corrected chi connectivity index (χ2v) is 6.39. The summed E-state index contributed by atoms with van der Waals surface area (Å²) in [6, 6.07) is 0. The molecule has 1 rings (SSSR count). The van der Waals surface area contributed by atoms with E-state index in [1.807, 2.05) is 27.7 Å². The van der Waals surface area contributed by atoms with Gasteiger partial charge in [0.15, 0.2) is 0 Å². The molecule has 0 aromatic heterocycles. The molecule has 0 radical (unpaired) electrons. The molecule has 2 N–H and O–H groups in total. The number of nitrogens with one attached hydrogen (secondary N) is 2. The van der Waals surface area contributed by atoms with Crippen LogP contribution in [0, 0.1) is 0 Å². The molecule has 1 aliphatic heterocycles. The Balaban J connectivity index is 2.30. The molecule has 0 atom stereocenters. The predicted molar refractivity (Wildman–Crippen MR) is 72.8 cm³/mol. The summed E-state index contributed by atoms with van der Waals surface area (Å²) in [6.07, 6.45) is 0. The van der Waals surface area contributed by atoms with Gasteiger partial charge in [-0.2, -0.15) is 0 Å². The van der Waals surface area contributed by atoms with Crippen molar-refractivity contribution in [3.05, 3.63) is 0 Å². The smallest absolute Gasteiger partial charge is 0.248 e. The third kappa shape index (κ3) is 5.57. The van der Waals surface area contributed by atoms with E-state index in [2.05, 4.69) is 10.6 Å². The maximum absolute atomic E-state index is 11.8. The van der Waals surface area contributed by atoms with E-state index >= 15 is 0 Å². The van der Waals surface area contributed by atoms with Crippen LogP contribution in [0.25, 0.3) is 0 Å². The van der Waals surface area contributed by atoms with Crippen molar-refractivity contribution in [2.75, 3.05) is 33.3 Å². The van der Waals surface area contributed by atoms with Crippen LogP contribution in [0.15, 0.2) is 0 Å². The Morgan fingerprint density at radius 2 is 1.95 bits per heavy atom. The molecule has 0 bridgehead atoms. The first kappa shape index (κ1) is 15.9. The summed E-state index contributed by atoms with van der Waals surface area (Å²) < 4.78 is 5.55. The van der Waals surface area contributed by atoms with E-state index in [1.165, 1.54) is 4.90 Å². The van der Waals surface area contributed by atoms with Crippen molar-refractivity contribution >= 4 is 11.8 Å². The normalized spacial score (nSPS) is 17.5. The Kier molecular flexibility index (Phi) is 4.92. The number of amides is 2. The van der Waals surface area contributed by atoms with Crippen LogP contribution >= 0.6 is 0 Å². The van der Waals surface area contributed by atoms with Crippen LogP contribution in [0.5, 0.6) is 0 Å². The molecule has 0 saturated carbocycles. The zero-order chi connectivity index (χ0) is 14.7. The molecule has 110 valence electrons. The van der Waals surface area contributed by atoms with Crippen molar-refractivity contribution < 1.29 is 14.3 Å². The van der Waals surface area contributed by atoms with Gasteiger partial charge in [-0.05, 0) is 27.7 Å². The van der Waals surface area contributed by atoms with E-state index in [4.69, 9.17) is 4.74 Å². The van der Waals surface area contributed by atoms with E-state index < -0.39 is 0 Å². The Bertz CT molecular complexity index is 346. The zero-order valence-corrected chi connectivity index (χ0v) is 12.5. The minimum Gasteiger partial charge on any atom is -0.363 e. The van der Waals surface area contributed by atoms with Crippen molar-refractivity contribution in [2.24, 2.45) is 0 Å². The molecule has 0 aromatic rings. The minimum absolute atomic E-state index is 0.0114. The number of hydrogen-bond donors (Lipinski definition) is 2. The molecule has 0 aromatic carbocycles. The van der Waals surface area contributed by atoms with Crippen LogP contribution in [-0.4, -0.2) is 61.1 Å². The van der Waals surface area contributed by atoms with Gasteiger partial charge in [0.2, 0.25) is 11.8 Å². The molecule has 6 heteroatoms. The molecular weight excluding hydrogens is 246 g/mol. The number of likely N-dealkylation sites (N-methyl/N-ethyl adjacent to an activating group) is 1. The van der Waals surface area contributed by atoms with Gasteiger partial charge in [0.05, 0.1) is 12.1 Å². The monoisotopic (exact) mass is 271 g/mol. The van der Waals surface area contributed by atoms with Crippen LogP contribution in [0.1, 0.15) is 27.7 Å². The first-order valence-electron chi connectivity index (χ1n) is 6.51. The van der Waals surface area contributed by atoms with Crippen molar-refractivity contribution in [3.8, 4) is 0 Å². The summed E-state index contributed by atoms with van der Waals surface area (Å²) in [5, 5.41) is 5.91. The first-order valence-corrected chi connectivity index (χ1v) is 6.51. The summed E-state index contributed by atoms with van der Waals surface area (Å²) in [4.78, 5) is 24.9. The van der Waals surface area contributed by atoms with E-state index in [1.54, 1.807) is 7.05 Å². The van der Waals surface area contributed by atoms with Gasteiger partial charge in [0.1, 0.15) is 6.61 Å². The summed E-state index contributed by atoms with van der Waals surface area (Å²) in [6.45, 7) is 9.25.